The second-order valence-electron chi connectivity index (χ2n) is 10.0. The van der Waals surface area contributed by atoms with Crippen molar-refractivity contribution in [2.75, 3.05) is 44.5 Å². The van der Waals surface area contributed by atoms with Gasteiger partial charge in [0.25, 0.3) is 5.91 Å². The number of alkyl halides is 2. The third-order valence-corrected chi connectivity index (χ3v) is 6.86. The lowest BCUT2D eigenvalue weighted by Gasteiger charge is -2.34. The summed E-state index contributed by atoms with van der Waals surface area (Å²) >= 11 is 0. The van der Waals surface area contributed by atoms with E-state index in [1.807, 2.05) is 0 Å². The predicted molar refractivity (Wildman–Crippen MR) is 159 cm³/mol. The van der Waals surface area contributed by atoms with Gasteiger partial charge in [-0.3, -0.25) is 4.79 Å². The predicted octanol–water partition coefficient (Wildman–Crippen LogP) is 4.74. The van der Waals surface area contributed by atoms with Crippen molar-refractivity contribution in [3.05, 3.63) is 60.4 Å². The van der Waals surface area contributed by atoms with Gasteiger partial charge in [0.05, 0.1) is 18.9 Å². The summed E-state index contributed by atoms with van der Waals surface area (Å²) in [5.41, 5.74) is 8.23. The van der Waals surface area contributed by atoms with Gasteiger partial charge in [0.15, 0.2) is 5.82 Å². The molecule has 0 unspecified atom stereocenters. The van der Waals surface area contributed by atoms with Crippen LogP contribution in [0.1, 0.15) is 29.7 Å². The fourth-order valence-electron chi connectivity index (χ4n) is 4.83. The van der Waals surface area contributed by atoms with E-state index in [0.717, 1.165) is 31.1 Å². The summed E-state index contributed by atoms with van der Waals surface area (Å²) in [4.78, 5) is 29.0. The molecule has 0 radical (unpaired) electrons. The first-order chi connectivity index (χ1) is 20.1. The van der Waals surface area contributed by atoms with Crippen LogP contribution in [0.4, 0.5) is 30.5 Å². The molecular weight excluding hydrogens is 587 g/mol. The number of hydrogen-bond acceptors (Lipinski definition) is 9. The van der Waals surface area contributed by atoms with E-state index in [2.05, 4.69) is 30.3 Å². The molecule has 3 N–H and O–H groups in total. The van der Waals surface area contributed by atoms with E-state index in [-0.39, 0.29) is 47.1 Å². The number of carbonyl (C=O) groups is 1. The second-order valence-corrected chi connectivity index (χ2v) is 10.0. The van der Waals surface area contributed by atoms with E-state index in [1.165, 1.54) is 36.7 Å². The molecule has 4 aromatic rings. The average molecular weight is 618 g/mol. The van der Waals surface area contributed by atoms with Gasteiger partial charge in [-0.25, -0.2) is 24.0 Å². The van der Waals surface area contributed by atoms with Crippen LogP contribution in [0, 0.1) is 5.82 Å². The van der Waals surface area contributed by atoms with Gasteiger partial charge >= 0.3 is 6.55 Å². The minimum absolute atomic E-state index is 0. The van der Waals surface area contributed by atoms with Gasteiger partial charge in [0.1, 0.15) is 23.2 Å². The van der Waals surface area contributed by atoms with Gasteiger partial charge < -0.3 is 25.6 Å². The first-order valence-electron chi connectivity index (χ1n) is 13.2. The third kappa shape index (κ3) is 6.81. The number of benzene rings is 1. The van der Waals surface area contributed by atoms with Gasteiger partial charge in [-0.05, 0) is 31.0 Å². The molecule has 43 heavy (non-hydrogen) atoms. The minimum atomic E-state index is -2.76. The molecule has 1 atom stereocenters. The van der Waals surface area contributed by atoms with Crippen molar-refractivity contribution in [2.24, 2.45) is 5.73 Å². The number of nitrogens with two attached hydrogens (primary N) is 1. The lowest BCUT2D eigenvalue weighted by molar-refractivity contribution is 0.0566. The first-order valence-corrected chi connectivity index (χ1v) is 13.2. The zero-order valence-corrected chi connectivity index (χ0v) is 24.5. The molecule has 0 bridgehead atoms. The van der Waals surface area contributed by atoms with E-state index in [0.29, 0.717) is 34.0 Å². The van der Waals surface area contributed by atoms with Crippen LogP contribution >= 0.6 is 12.4 Å². The fourth-order valence-corrected chi connectivity index (χ4v) is 4.83. The summed E-state index contributed by atoms with van der Waals surface area (Å²) < 4.78 is 47.7. The first kappa shape index (κ1) is 31.5. The molecule has 1 saturated heterocycles. The molecule has 1 aliphatic heterocycles. The van der Waals surface area contributed by atoms with Crippen LogP contribution < -0.4 is 20.7 Å². The molecule has 1 aliphatic rings. The van der Waals surface area contributed by atoms with Gasteiger partial charge in [0, 0.05) is 80.3 Å². The van der Waals surface area contributed by atoms with Crippen LogP contribution in [-0.4, -0.2) is 75.9 Å². The number of carbonyl (C=O) groups excluding carboxylic acids is 1. The summed E-state index contributed by atoms with van der Waals surface area (Å²) in [5.74, 6) is -0.214. The van der Waals surface area contributed by atoms with Crippen molar-refractivity contribution in [1.82, 2.24) is 29.6 Å². The summed E-state index contributed by atoms with van der Waals surface area (Å²) in [6.45, 7) is -1.45. The van der Waals surface area contributed by atoms with Crippen LogP contribution in [-0.2, 0) is 0 Å². The van der Waals surface area contributed by atoms with Gasteiger partial charge in [-0.1, -0.05) is 0 Å². The molecule has 1 aromatic carbocycles. The number of nitrogens with zero attached hydrogens (tertiary/aromatic N) is 7. The maximum atomic E-state index is 15.3. The summed E-state index contributed by atoms with van der Waals surface area (Å²) in [7, 11) is 4.51. The molecule has 3 aromatic heterocycles. The quantitative estimate of drug-likeness (QED) is 0.288. The van der Waals surface area contributed by atoms with Crippen molar-refractivity contribution in [3.63, 3.8) is 0 Å². The number of hydrogen-bond donors (Lipinski definition) is 2. The fraction of sp³-hybridized carbons (Fsp3) is 0.321. The molecule has 1 amide bonds. The van der Waals surface area contributed by atoms with Crippen LogP contribution in [0.25, 0.3) is 22.5 Å². The largest absolute Gasteiger partial charge is 0.496 e. The number of piperidine rings is 1. The standard InChI is InChI=1S/C28H30F3N9O2.ClH/c1-38(2)27(41)16-9-20(29)25(22(10-16)42-3)26-33-7-6-23(37-26)36-24-11-21(39-8-4-5-18(32)15-39)19(13-34-24)17-12-35-40(14-17)28(30)31;/h6-7,9-14,18,28H,4-5,8,15,32H2,1-3H3,(H,33,34,36,37);1H/t18-;/m0./s1. The minimum Gasteiger partial charge on any atom is -0.496 e. The van der Waals surface area contributed by atoms with Crippen molar-refractivity contribution < 1.29 is 22.7 Å². The van der Waals surface area contributed by atoms with E-state index >= 15 is 4.39 Å². The van der Waals surface area contributed by atoms with Crippen molar-refractivity contribution in [3.8, 4) is 28.3 Å². The maximum absolute atomic E-state index is 15.3. The lowest BCUT2D eigenvalue weighted by Crippen LogP contribution is -2.43. The van der Waals surface area contributed by atoms with Crippen molar-refractivity contribution in [1.29, 1.82) is 0 Å². The van der Waals surface area contributed by atoms with E-state index in [1.54, 1.807) is 32.4 Å². The summed E-state index contributed by atoms with van der Waals surface area (Å²) in [6.07, 6.45) is 7.46. The average Bonchev–Trinajstić information content (AvgIpc) is 3.47. The van der Waals surface area contributed by atoms with Crippen LogP contribution in [0.3, 0.4) is 0 Å². The number of ether oxygens (including phenoxy) is 1. The normalized spacial score (nSPS) is 14.8. The van der Waals surface area contributed by atoms with E-state index in [9.17, 15) is 13.6 Å². The highest BCUT2D eigenvalue weighted by Gasteiger charge is 2.23. The SMILES string of the molecule is COc1cc(C(=O)N(C)C)cc(F)c1-c1nccc(Nc2cc(N3CCC[C@H](N)C3)c(-c3cnn(C(F)F)c3)cn2)n1.Cl. The second kappa shape index (κ2) is 13.3. The number of pyridine rings is 1. The highest BCUT2D eigenvalue weighted by atomic mass is 35.5. The van der Waals surface area contributed by atoms with Gasteiger partial charge in [0.2, 0.25) is 0 Å². The number of amides is 1. The zero-order chi connectivity index (χ0) is 30.0. The van der Waals surface area contributed by atoms with Crippen molar-refractivity contribution in [2.45, 2.75) is 25.4 Å². The molecule has 15 heteroatoms. The smallest absolute Gasteiger partial charge is 0.333 e. The number of aromatic nitrogens is 5. The Kier molecular flexibility index (Phi) is 9.71. The molecule has 1 fully saturated rings. The number of anilines is 3. The molecule has 4 heterocycles. The number of rotatable bonds is 8. The number of nitrogens with one attached hydrogen (secondary N) is 1. The molecule has 5 rings (SSSR count). The van der Waals surface area contributed by atoms with Gasteiger partial charge in [-0.15, -0.1) is 12.4 Å². The van der Waals surface area contributed by atoms with Crippen LogP contribution in [0.15, 0.2) is 49.1 Å². The summed E-state index contributed by atoms with van der Waals surface area (Å²) in [5, 5.41) is 6.89. The number of halogens is 4. The molecule has 11 nitrogen and oxygen atoms in total. The highest BCUT2D eigenvalue weighted by molar-refractivity contribution is 5.95. The Morgan fingerprint density at radius 3 is 2.65 bits per heavy atom. The Bertz CT molecular complexity index is 1600. The third-order valence-electron chi connectivity index (χ3n) is 6.86. The van der Waals surface area contributed by atoms with Crippen LogP contribution in [0.5, 0.6) is 5.75 Å². The lowest BCUT2D eigenvalue weighted by atomic mass is 10.0. The Morgan fingerprint density at radius 1 is 1.19 bits per heavy atom. The van der Waals surface area contributed by atoms with E-state index in [4.69, 9.17) is 10.5 Å². The maximum Gasteiger partial charge on any atom is 0.333 e. The Labute approximate surface area is 252 Å². The molecule has 0 saturated carbocycles. The molecular formula is C28H31ClF3N9O2. The molecule has 0 aliphatic carbocycles. The van der Waals surface area contributed by atoms with Crippen molar-refractivity contribution >= 4 is 35.6 Å². The van der Waals surface area contributed by atoms with E-state index < -0.39 is 12.4 Å². The number of methoxy groups -OCH3 is 1. The Hall–Kier alpha value is -4.43. The molecule has 228 valence electrons. The van der Waals surface area contributed by atoms with Gasteiger partial charge in [-0.2, -0.15) is 13.9 Å². The van der Waals surface area contributed by atoms with Crippen LogP contribution in [0.2, 0.25) is 0 Å². The zero-order valence-electron chi connectivity index (χ0n) is 23.7. The topological polar surface area (TPSA) is 127 Å². The highest BCUT2D eigenvalue weighted by Crippen LogP contribution is 2.36. The Morgan fingerprint density at radius 2 is 1.98 bits per heavy atom. The molecule has 0 spiro atoms. The Balaban J connectivity index is 0.00000423. The monoisotopic (exact) mass is 617 g/mol. The summed E-state index contributed by atoms with van der Waals surface area (Å²) in [6, 6.07) is 5.91.